The summed E-state index contributed by atoms with van der Waals surface area (Å²) < 4.78 is 26.5. The first-order valence-corrected chi connectivity index (χ1v) is 12.1. The fourth-order valence-electron chi connectivity index (χ4n) is 5.23. The maximum atomic E-state index is 14.6. The number of rotatable bonds is 5. The first-order chi connectivity index (χ1) is 16.6. The van der Waals surface area contributed by atoms with Gasteiger partial charge in [0, 0.05) is 30.9 Å². The van der Waals surface area contributed by atoms with Gasteiger partial charge in [-0.25, -0.2) is 9.18 Å². The Hall–Kier alpha value is -3.01. The molecule has 0 aliphatic carbocycles. The van der Waals surface area contributed by atoms with E-state index in [4.69, 9.17) is 9.26 Å². The predicted molar refractivity (Wildman–Crippen MR) is 123 cm³/mol. The molecule has 34 heavy (non-hydrogen) atoms. The molecule has 0 saturated carbocycles. The van der Waals surface area contributed by atoms with Crippen molar-refractivity contribution in [3.63, 3.8) is 0 Å². The van der Waals surface area contributed by atoms with E-state index in [0.29, 0.717) is 23.7 Å². The van der Waals surface area contributed by atoms with Crippen molar-refractivity contribution in [2.75, 3.05) is 39.8 Å². The number of nitrogens with zero attached hydrogens (tertiary/aromatic N) is 6. The van der Waals surface area contributed by atoms with E-state index in [1.165, 1.54) is 17.9 Å². The summed E-state index contributed by atoms with van der Waals surface area (Å²) in [5.41, 5.74) is 1.20. The Kier molecular flexibility index (Phi) is 6.49. The summed E-state index contributed by atoms with van der Waals surface area (Å²) in [6, 6.07) is 4.99. The number of amides is 1. The summed E-state index contributed by atoms with van der Waals surface area (Å²) in [5, 5.41) is 9.46. The molecule has 0 spiro atoms. The summed E-state index contributed by atoms with van der Waals surface area (Å²) in [6.07, 6.45) is 4.37. The highest BCUT2D eigenvalue weighted by Gasteiger charge is 2.29. The summed E-state index contributed by atoms with van der Waals surface area (Å²) in [4.78, 5) is 20.6. The molecular weight excluding hydrogens is 439 g/mol. The van der Waals surface area contributed by atoms with Crippen LogP contribution in [0.2, 0.25) is 0 Å². The fourth-order valence-corrected chi connectivity index (χ4v) is 5.23. The minimum atomic E-state index is -0.346. The highest BCUT2D eigenvalue weighted by Crippen LogP contribution is 2.30. The van der Waals surface area contributed by atoms with Gasteiger partial charge >= 0.3 is 6.09 Å². The van der Waals surface area contributed by atoms with Crippen molar-refractivity contribution in [3.05, 3.63) is 35.6 Å². The van der Waals surface area contributed by atoms with E-state index in [2.05, 4.69) is 20.1 Å². The number of aromatic nitrogens is 4. The molecule has 2 aromatic heterocycles. The van der Waals surface area contributed by atoms with Gasteiger partial charge in [-0.05, 0) is 62.3 Å². The first kappa shape index (κ1) is 22.8. The van der Waals surface area contributed by atoms with E-state index in [9.17, 15) is 9.18 Å². The van der Waals surface area contributed by atoms with Gasteiger partial charge < -0.3 is 19.1 Å². The van der Waals surface area contributed by atoms with Gasteiger partial charge in [-0.1, -0.05) is 19.1 Å². The largest absolute Gasteiger partial charge is 0.453 e. The minimum Gasteiger partial charge on any atom is -0.453 e. The van der Waals surface area contributed by atoms with E-state index < -0.39 is 0 Å². The molecule has 182 valence electrons. The molecule has 9 nitrogen and oxygen atoms in total. The Morgan fingerprint density at radius 3 is 2.65 bits per heavy atom. The molecule has 0 unspecified atom stereocenters. The van der Waals surface area contributed by atoms with Crippen LogP contribution >= 0.6 is 0 Å². The van der Waals surface area contributed by atoms with Crippen LogP contribution < -0.4 is 0 Å². The van der Waals surface area contributed by atoms with Crippen molar-refractivity contribution in [2.24, 2.45) is 5.92 Å². The van der Waals surface area contributed by atoms with Gasteiger partial charge in [0.25, 0.3) is 5.95 Å². The fraction of sp³-hybridized carbons (Fsp3) is 0.583. The molecule has 2 saturated heterocycles. The van der Waals surface area contributed by atoms with E-state index in [0.717, 1.165) is 69.5 Å². The second-order valence-electron chi connectivity index (χ2n) is 9.26. The number of benzene rings is 1. The topological polar surface area (TPSA) is 89.5 Å². The van der Waals surface area contributed by atoms with Crippen LogP contribution in [0.3, 0.4) is 0 Å². The number of aryl methyl sites for hydroxylation is 1. The summed E-state index contributed by atoms with van der Waals surface area (Å²) in [6.45, 7) is 6.52. The Balaban J connectivity index is 1.20. The van der Waals surface area contributed by atoms with Crippen LogP contribution in [-0.2, 0) is 11.2 Å². The molecule has 5 rings (SSSR count). The van der Waals surface area contributed by atoms with Gasteiger partial charge in [0.1, 0.15) is 11.3 Å². The molecule has 10 heteroatoms. The van der Waals surface area contributed by atoms with Crippen molar-refractivity contribution in [3.8, 4) is 5.95 Å². The standard InChI is InChI=1S/C24H31FN6O3/c1-3-20-18-5-4-6-19(25)21(18)31(27-20)23-26-22(34-28-23)17-9-11-29(12-10-17)15-16-7-13-30(14-8-16)24(32)33-2/h4-6,16-17H,3,7-15H2,1-2H3. The number of fused-ring (bicyclic) bond motifs is 1. The maximum absolute atomic E-state index is 14.6. The van der Waals surface area contributed by atoms with E-state index in [1.807, 2.05) is 13.0 Å². The van der Waals surface area contributed by atoms with Crippen molar-refractivity contribution in [1.29, 1.82) is 0 Å². The zero-order chi connectivity index (χ0) is 23.7. The second kappa shape index (κ2) is 9.69. The van der Waals surface area contributed by atoms with Crippen LogP contribution in [0.1, 0.15) is 50.1 Å². The van der Waals surface area contributed by atoms with Crippen LogP contribution in [0.5, 0.6) is 0 Å². The molecule has 1 amide bonds. The summed E-state index contributed by atoms with van der Waals surface area (Å²) >= 11 is 0. The lowest BCUT2D eigenvalue weighted by Gasteiger charge is -2.36. The third-order valence-corrected chi connectivity index (χ3v) is 7.19. The zero-order valence-electron chi connectivity index (χ0n) is 19.7. The van der Waals surface area contributed by atoms with Crippen LogP contribution in [0.4, 0.5) is 9.18 Å². The molecule has 0 atom stereocenters. The average Bonchev–Trinajstić information content (AvgIpc) is 3.50. The molecule has 2 aliphatic rings. The van der Waals surface area contributed by atoms with Gasteiger partial charge in [0.15, 0.2) is 0 Å². The quantitative estimate of drug-likeness (QED) is 0.561. The van der Waals surface area contributed by atoms with E-state index in [1.54, 1.807) is 11.0 Å². The van der Waals surface area contributed by atoms with Gasteiger partial charge in [0.05, 0.1) is 12.8 Å². The number of halogens is 1. The maximum Gasteiger partial charge on any atom is 0.409 e. The predicted octanol–water partition coefficient (Wildman–Crippen LogP) is 3.77. The number of likely N-dealkylation sites (tertiary alicyclic amines) is 2. The normalized spacial score (nSPS) is 18.6. The van der Waals surface area contributed by atoms with Crippen molar-refractivity contribution >= 4 is 17.0 Å². The van der Waals surface area contributed by atoms with Crippen molar-refractivity contribution in [2.45, 2.75) is 44.9 Å². The highest BCUT2D eigenvalue weighted by atomic mass is 19.1. The number of ether oxygens (including phenoxy) is 1. The summed E-state index contributed by atoms with van der Waals surface area (Å²) in [5.74, 6) is 1.32. The molecular formula is C24H31FN6O3. The second-order valence-corrected chi connectivity index (χ2v) is 9.26. The van der Waals surface area contributed by atoms with E-state index in [-0.39, 0.29) is 23.8 Å². The van der Waals surface area contributed by atoms with Crippen LogP contribution in [-0.4, -0.2) is 75.6 Å². The number of carbonyl (C=O) groups excluding carboxylic acids is 1. The minimum absolute atomic E-state index is 0.191. The van der Waals surface area contributed by atoms with Crippen molar-refractivity contribution in [1.82, 2.24) is 29.7 Å². The van der Waals surface area contributed by atoms with Gasteiger partial charge in [0.2, 0.25) is 5.89 Å². The zero-order valence-corrected chi connectivity index (χ0v) is 19.7. The Labute approximate surface area is 197 Å². The lowest BCUT2D eigenvalue weighted by Crippen LogP contribution is -2.43. The highest BCUT2D eigenvalue weighted by molar-refractivity contribution is 5.83. The molecule has 1 aromatic carbocycles. The molecule has 4 heterocycles. The molecule has 2 fully saturated rings. The number of hydrogen-bond donors (Lipinski definition) is 0. The van der Waals surface area contributed by atoms with Gasteiger partial charge in [-0.2, -0.15) is 14.8 Å². The van der Waals surface area contributed by atoms with Gasteiger partial charge in [-0.3, -0.25) is 0 Å². The molecule has 0 N–H and O–H groups in total. The number of methoxy groups -OCH3 is 1. The Bertz CT molecular complexity index is 1140. The monoisotopic (exact) mass is 470 g/mol. The third kappa shape index (κ3) is 4.38. The molecule has 0 bridgehead atoms. The Morgan fingerprint density at radius 1 is 1.18 bits per heavy atom. The average molecular weight is 471 g/mol. The smallest absolute Gasteiger partial charge is 0.409 e. The lowest BCUT2D eigenvalue weighted by atomic mass is 9.93. The molecule has 2 aliphatic heterocycles. The van der Waals surface area contributed by atoms with Gasteiger partial charge in [-0.15, -0.1) is 0 Å². The third-order valence-electron chi connectivity index (χ3n) is 7.19. The molecule has 3 aromatic rings. The van der Waals surface area contributed by atoms with Crippen molar-refractivity contribution < 1.29 is 18.4 Å². The number of para-hydroxylation sites is 1. The SMILES string of the molecule is CCc1nn(-c2noc(C3CCN(CC4CCN(C(=O)OC)CC4)CC3)n2)c2c(F)cccc12. The first-order valence-electron chi connectivity index (χ1n) is 12.1. The Morgan fingerprint density at radius 2 is 1.94 bits per heavy atom. The van der Waals surface area contributed by atoms with Crippen LogP contribution in [0, 0.1) is 11.7 Å². The number of carbonyl (C=O) groups is 1. The van der Waals surface area contributed by atoms with Crippen LogP contribution in [0.15, 0.2) is 22.7 Å². The van der Waals surface area contributed by atoms with Crippen LogP contribution in [0.25, 0.3) is 16.9 Å². The molecule has 0 radical (unpaired) electrons. The number of piperidine rings is 2. The number of hydrogen-bond acceptors (Lipinski definition) is 7. The summed E-state index contributed by atoms with van der Waals surface area (Å²) in [7, 11) is 1.43. The van der Waals surface area contributed by atoms with E-state index >= 15 is 0 Å². The lowest BCUT2D eigenvalue weighted by molar-refractivity contribution is 0.0932.